The third-order valence-corrected chi connectivity index (χ3v) is 3.47. The van der Waals surface area contributed by atoms with Gasteiger partial charge in [0.15, 0.2) is 5.82 Å². The lowest BCUT2D eigenvalue weighted by Crippen LogP contribution is -2.29. The summed E-state index contributed by atoms with van der Waals surface area (Å²) in [5.74, 6) is 2.19. The van der Waals surface area contributed by atoms with Crippen LogP contribution >= 0.6 is 0 Å². The fourth-order valence-corrected chi connectivity index (χ4v) is 2.27. The summed E-state index contributed by atoms with van der Waals surface area (Å²) in [5, 5.41) is 3.21. The molecular weight excluding hydrogens is 226 g/mol. The highest BCUT2D eigenvalue weighted by Gasteiger charge is 2.17. The first kappa shape index (κ1) is 14.7. The van der Waals surface area contributed by atoms with Crippen molar-refractivity contribution in [3.63, 3.8) is 0 Å². The van der Waals surface area contributed by atoms with Crippen molar-refractivity contribution < 1.29 is 0 Å². The maximum absolute atomic E-state index is 12.0. The number of nitrogens with one attached hydrogen (secondary N) is 1. The molecule has 102 valence electrons. The molecule has 0 fully saturated rings. The molecule has 0 unspecified atom stereocenters. The van der Waals surface area contributed by atoms with Gasteiger partial charge in [-0.05, 0) is 24.7 Å². The van der Waals surface area contributed by atoms with Gasteiger partial charge in [-0.25, -0.2) is 4.98 Å². The minimum Gasteiger partial charge on any atom is -0.365 e. The second kappa shape index (κ2) is 6.57. The fourth-order valence-electron chi connectivity index (χ4n) is 2.27. The highest BCUT2D eigenvalue weighted by molar-refractivity contribution is 5.30. The van der Waals surface area contributed by atoms with Gasteiger partial charge in [-0.2, -0.15) is 0 Å². The Morgan fingerprint density at radius 2 is 1.89 bits per heavy atom. The van der Waals surface area contributed by atoms with Gasteiger partial charge in [-0.15, -0.1) is 0 Å². The Balaban J connectivity index is 2.77. The molecule has 0 saturated carbocycles. The topological polar surface area (TPSA) is 46.9 Å². The van der Waals surface area contributed by atoms with E-state index in [1.165, 1.54) is 0 Å². The van der Waals surface area contributed by atoms with Crippen molar-refractivity contribution >= 4 is 5.82 Å². The smallest absolute Gasteiger partial charge is 0.293 e. The molecule has 1 N–H and O–H groups in total. The van der Waals surface area contributed by atoms with Gasteiger partial charge in [0.1, 0.15) is 0 Å². The van der Waals surface area contributed by atoms with Crippen molar-refractivity contribution in [2.45, 2.75) is 41.2 Å². The quantitative estimate of drug-likeness (QED) is 0.845. The first-order chi connectivity index (χ1) is 8.47. The molecule has 1 aromatic rings. The van der Waals surface area contributed by atoms with E-state index < -0.39 is 0 Å². The first-order valence-corrected chi connectivity index (χ1v) is 6.76. The van der Waals surface area contributed by atoms with Crippen molar-refractivity contribution in [2.24, 2.45) is 17.8 Å². The van der Waals surface area contributed by atoms with E-state index in [4.69, 9.17) is 0 Å². The summed E-state index contributed by atoms with van der Waals surface area (Å²) in [6.07, 6.45) is 3.39. The molecule has 0 aliphatic rings. The summed E-state index contributed by atoms with van der Waals surface area (Å²) >= 11 is 0. The van der Waals surface area contributed by atoms with Crippen LogP contribution in [0.2, 0.25) is 0 Å². The maximum atomic E-state index is 12.0. The van der Waals surface area contributed by atoms with Gasteiger partial charge in [-0.3, -0.25) is 4.79 Å². The third kappa shape index (κ3) is 3.59. The highest BCUT2D eigenvalue weighted by Crippen LogP contribution is 2.20. The Kier molecular flexibility index (Phi) is 5.38. The van der Waals surface area contributed by atoms with Crippen LogP contribution in [-0.4, -0.2) is 16.1 Å². The Morgan fingerprint density at radius 3 is 2.39 bits per heavy atom. The van der Waals surface area contributed by atoms with E-state index in [1.54, 1.807) is 17.0 Å². The van der Waals surface area contributed by atoms with E-state index in [2.05, 4.69) is 38.0 Å². The largest absolute Gasteiger partial charge is 0.365 e. The normalized spacial score (nSPS) is 11.6. The van der Waals surface area contributed by atoms with E-state index in [-0.39, 0.29) is 5.56 Å². The number of hydrogen-bond donors (Lipinski definition) is 1. The van der Waals surface area contributed by atoms with Crippen molar-refractivity contribution in [2.75, 3.05) is 11.9 Å². The number of aryl methyl sites for hydroxylation is 1. The van der Waals surface area contributed by atoms with Gasteiger partial charge in [0.05, 0.1) is 0 Å². The van der Waals surface area contributed by atoms with Crippen molar-refractivity contribution in [3.05, 3.63) is 22.7 Å². The van der Waals surface area contributed by atoms with E-state index >= 15 is 0 Å². The Bertz CT molecular complexity index is 415. The first-order valence-electron chi connectivity index (χ1n) is 6.76. The molecule has 1 heterocycles. The van der Waals surface area contributed by atoms with Crippen LogP contribution in [0.1, 0.15) is 34.6 Å². The fraction of sp³-hybridized carbons (Fsp3) is 0.714. The zero-order valence-corrected chi connectivity index (χ0v) is 12.1. The summed E-state index contributed by atoms with van der Waals surface area (Å²) in [6.45, 7) is 12.3. The second-order valence-electron chi connectivity index (χ2n) is 5.40. The minimum atomic E-state index is -0.0359. The molecule has 0 bridgehead atoms. The number of aromatic nitrogens is 2. The van der Waals surface area contributed by atoms with Crippen molar-refractivity contribution in [1.29, 1.82) is 0 Å². The Morgan fingerprint density at radius 1 is 1.28 bits per heavy atom. The zero-order valence-electron chi connectivity index (χ0n) is 12.1. The lowest BCUT2D eigenvalue weighted by atomic mass is 9.85. The van der Waals surface area contributed by atoms with Gasteiger partial charge in [0.2, 0.25) is 0 Å². The Hall–Kier alpha value is -1.32. The summed E-state index contributed by atoms with van der Waals surface area (Å²) in [7, 11) is 0. The predicted octanol–water partition coefficient (Wildman–Crippen LogP) is 2.60. The standard InChI is InChI=1S/C14H25N3O/c1-6-17-8-7-15-13(14(17)18)16-9-12(10(2)3)11(4)5/h7-8,10-12H,6,9H2,1-5H3,(H,15,16). The Labute approximate surface area is 109 Å². The summed E-state index contributed by atoms with van der Waals surface area (Å²) in [5.41, 5.74) is -0.0359. The number of hydrogen-bond acceptors (Lipinski definition) is 3. The highest BCUT2D eigenvalue weighted by atomic mass is 16.1. The van der Waals surface area contributed by atoms with Crippen LogP contribution in [0.5, 0.6) is 0 Å². The van der Waals surface area contributed by atoms with E-state index in [9.17, 15) is 4.79 Å². The van der Waals surface area contributed by atoms with E-state index in [0.29, 0.717) is 30.1 Å². The van der Waals surface area contributed by atoms with Crippen LogP contribution in [0.15, 0.2) is 17.2 Å². The van der Waals surface area contributed by atoms with Gasteiger partial charge >= 0.3 is 0 Å². The molecule has 0 spiro atoms. The van der Waals surface area contributed by atoms with Crippen molar-refractivity contribution in [1.82, 2.24) is 9.55 Å². The molecule has 0 aliphatic heterocycles. The van der Waals surface area contributed by atoms with E-state index in [1.807, 2.05) is 6.92 Å². The number of nitrogens with zero attached hydrogens (tertiary/aromatic N) is 2. The van der Waals surface area contributed by atoms with Crippen LogP contribution in [0.3, 0.4) is 0 Å². The molecule has 1 aromatic heterocycles. The molecule has 4 heteroatoms. The van der Waals surface area contributed by atoms with Gasteiger partial charge in [0, 0.05) is 25.5 Å². The molecule has 0 aliphatic carbocycles. The molecule has 0 radical (unpaired) electrons. The van der Waals surface area contributed by atoms with Gasteiger partial charge < -0.3 is 9.88 Å². The third-order valence-electron chi connectivity index (χ3n) is 3.47. The summed E-state index contributed by atoms with van der Waals surface area (Å²) in [6, 6.07) is 0. The average molecular weight is 251 g/mol. The number of anilines is 1. The molecule has 4 nitrogen and oxygen atoms in total. The molecule has 0 atom stereocenters. The molecule has 1 rings (SSSR count). The van der Waals surface area contributed by atoms with Crippen LogP contribution in [0.25, 0.3) is 0 Å². The summed E-state index contributed by atoms with van der Waals surface area (Å²) in [4.78, 5) is 16.1. The monoisotopic (exact) mass is 251 g/mol. The van der Waals surface area contributed by atoms with Crippen LogP contribution < -0.4 is 10.9 Å². The lowest BCUT2D eigenvalue weighted by molar-refractivity contribution is 0.304. The van der Waals surface area contributed by atoms with E-state index in [0.717, 1.165) is 6.54 Å². The van der Waals surface area contributed by atoms with Gasteiger partial charge in [0.25, 0.3) is 5.56 Å². The molecule has 18 heavy (non-hydrogen) atoms. The SMILES string of the molecule is CCn1ccnc(NCC(C(C)C)C(C)C)c1=O. The van der Waals surface area contributed by atoms with Crippen molar-refractivity contribution in [3.8, 4) is 0 Å². The van der Waals surface area contributed by atoms with Gasteiger partial charge in [-0.1, -0.05) is 27.7 Å². The second-order valence-corrected chi connectivity index (χ2v) is 5.40. The van der Waals surface area contributed by atoms with Crippen LogP contribution in [0.4, 0.5) is 5.82 Å². The lowest BCUT2D eigenvalue weighted by Gasteiger charge is -2.25. The molecule has 0 saturated heterocycles. The molecule has 0 aromatic carbocycles. The van der Waals surface area contributed by atoms with Crippen LogP contribution in [0, 0.1) is 17.8 Å². The number of rotatable bonds is 6. The zero-order chi connectivity index (χ0) is 13.7. The van der Waals surface area contributed by atoms with Crippen LogP contribution in [-0.2, 0) is 6.54 Å². The molecule has 0 amide bonds. The minimum absolute atomic E-state index is 0.0359. The maximum Gasteiger partial charge on any atom is 0.293 e. The summed E-state index contributed by atoms with van der Waals surface area (Å²) < 4.78 is 1.66. The average Bonchev–Trinajstić information content (AvgIpc) is 2.30. The molecular formula is C14H25N3O. The predicted molar refractivity (Wildman–Crippen MR) is 75.8 cm³/mol.